The van der Waals surface area contributed by atoms with Crippen LogP contribution in [0.4, 0.5) is 0 Å². The van der Waals surface area contributed by atoms with Crippen molar-refractivity contribution in [3.8, 4) is 0 Å². The van der Waals surface area contributed by atoms with Crippen LogP contribution in [0.25, 0.3) is 11.2 Å². The van der Waals surface area contributed by atoms with Gasteiger partial charge in [-0.1, -0.05) is 0 Å². The molecule has 0 aliphatic carbocycles. The molecule has 1 fully saturated rings. The van der Waals surface area contributed by atoms with E-state index in [0.29, 0.717) is 11.6 Å². The topological polar surface area (TPSA) is 79.7 Å². The van der Waals surface area contributed by atoms with Crippen molar-refractivity contribution >= 4 is 17.1 Å². The third-order valence-corrected chi connectivity index (χ3v) is 4.50. The van der Waals surface area contributed by atoms with Gasteiger partial charge in [0.05, 0.1) is 12.7 Å². The second kappa shape index (κ2) is 5.49. The highest BCUT2D eigenvalue weighted by Gasteiger charge is 2.27. The van der Waals surface area contributed by atoms with E-state index in [9.17, 15) is 4.79 Å². The molecule has 0 saturated carbocycles. The molecular formula is C16H18N6O. The molecular weight excluding hydrogens is 292 g/mol. The summed E-state index contributed by atoms with van der Waals surface area (Å²) in [6.07, 6.45) is 8.80. The minimum atomic E-state index is 0.0173. The van der Waals surface area contributed by atoms with Crippen LogP contribution in [-0.4, -0.2) is 48.4 Å². The maximum atomic E-state index is 12.5. The lowest BCUT2D eigenvalue weighted by atomic mass is 9.89. The molecule has 4 heterocycles. The summed E-state index contributed by atoms with van der Waals surface area (Å²) < 4.78 is 1.80. The van der Waals surface area contributed by atoms with Crippen LogP contribution in [0.3, 0.4) is 0 Å². The van der Waals surface area contributed by atoms with Crippen LogP contribution in [0.5, 0.6) is 0 Å². The van der Waals surface area contributed by atoms with E-state index in [1.54, 1.807) is 23.4 Å². The van der Waals surface area contributed by atoms with Gasteiger partial charge in [0.2, 0.25) is 0 Å². The number of carbonyl (C=O) groups excluding carboxylic acids is 1. The Kier molecular flexibility index (Phi) is 3.33. The summed E-state index contributed by atoms with van der Waals surface area (Å²) in [6.45, 7) is 1.49. The zero-order chi connectivity index (χ0) is 15.8. The molecule has 1 aliphatic heterocycles. The molecule has 23 heavy (non-hydrogen) atoms. The number of H-pyrrole nitrogens is 1. The number of piperidine rings is 1. The number of likely N-dealkylation sites (tertiary alicyclic amines) is 1. The molecule has 1 N–H and O–H groups in total. The van der Waals surface area contributed by atoms with E-state index >= 15 is 0 Å². The van der Waals surface area contributed by atoms with E-state index in [0.717, 1.165) is 37.1 Å². The maximum absolute atomic E-state index is 12.5. The first kappa shape index (κ1) is 13.9. The molecule has 7 nitrogen and oxygen atoms in total. The highest BCUT2D eigenvalue weighted by Crippen LogP contribution is 2.31. The van der Waals surface area contributed by atoms with Gasteiger partial charge in [-0.05, 0) is 30.4 Å². The molecule has 0 bridgehead atoms. The highest BCUT2D eigenvalue weighted by atomic mass is 16.2. The Morgan fingerprint density at radius 3 is 2.83 bits per heavy atom. The number of amides is 1. The highest BCUT2D eigenvalue weighted by molar-refractivity contribution is 5.92. The molecule has 3 aromatic rings. The summed E-state index contributed by atoms with van der Waals surface area (Å²) in [4.78, 5) is 30.2. The largest absolute Gasteiger partial charge is 0.340 e. The Balaban J connectivity index is 1.49. The average molecular weight is 310 g/mol. The average Bonchev–Trinajstić information content (AvgIpc) is 3.22. The van der Waals surface area contributed by atoms with Gasteiger partial charge in [-0.3, -0.25) is 4.79 Å². The molecule has 1 saturated heterocycles. The Hall–Kier alpha value is -2.70. The van der Waals surface area contributed by atoms with Crippen LogP contribution < -0.4 is 0 Å². The normalized spacial score (nSPS) is 16.1. The number of imidazole rings is 2. The van der Waals surface area contributed by atoms with Crippen molar-refractivity contribution in [2.75, 3.05) is 13.1 Å². The number of aromatic amines is 1. The van der Waals surface area contributed by atoms with Crippen molar-refractivity contribution in [1.29, 1.82) is 0 Å². The standard InChI is InChI=1S/C16H18N6O/c1-21-8-13(20-10-21)16(23)22-6-3-11(4-7-22)12-2-5-17-15-14(12)18-9-19-15/h2,5,8-11H,3-4,6-7H2,1H3,(H,17,18,19). The van der Waals surface area contributed by atoms with Gasteiger partial charge in [0.25, 0.3) is 5.91 Å². The van der Waals surface area contributed by atoms with Gasteiger partial charge in [0.15, 0.2) is 5.65 Å². The number of carbonyl (C=O) groups is 1. The number of aromatic nitrogens is 5. The fraction of sp³-hybridized carbons (Fsp3) is 0.375. The van der Waals surface area contributed by atoms with Gasteiger partial charge in [-0.2, -0.15) is 0 Å². The first-order valence-corrected chi connectivity index (χ1v) is 7.77. The number of rotatable bonds is 2. The molecule has 4 rings (SSSR count). The van der Waals surface area contributed by atoms with E-state index in [4.69, 9.17) is 0 Å². The molecule has 7 heteroatoms. The van der Waals surface area contributed by atoms with Crippen LogP contribution >= 0.6 is 0 Å². The van der Waals surface area contributed by atoms with Crippen LogP contribution in [0.1, 0.15) is 34.8 Å². The van der Waals surface area contributed by atoms with E-state index in [2.05, 4.69) is 19.9 Å². The predicted octanol–water partition coefficient (Wildman–Crippen LogP) is 1.71. The zero-order valence-electron chi connectivity index (χ0n) is 12.9. The SMILES string of the molecule is Cn1cnc(C(=O)N2CCC(c3ccnc4[nH]cnc34)CC2)c1. The van der Waals surface area contributed by atoms with Gasteiger partial charge in [0.1, 0.15) is 11.2 Å². The lowest BCUT2D eigenvalue weighted by molar-refractivity contribution is 0.0708. The van der Waals surface area contributed by atoms with Gasteiger partial charge in [-0.25, -0.2) is 15.0 Å². The van der Waals surface area contributed by atoms with E-state index in [1.165, 1.54) is 5.56 Å². The van der Waals surface area contributed by atoms with Gasteiger partial charge < -0.3 is 14.5 Å². The molecule has 0 aromatic carbocycles. The molecule has 0 atom stereocenters. The van der Waals surface area contributed by atoms with Crippen LogP contribution in [0, 0.1) is 0 Å². The van der Waals surface area contributed by atoms with Crippen molar-refractivity contribution in [3.05, 3.63) is 42.4 Å². The van der Waals surface area contributed by atoms with Gasteiger partial charge >= 0.3 is 0 Å². The fourth-order valence-corrected chi connectivity index (χ4v) is 3.28. The molecule has 1 amide bonds. The summed E-state index contributed by atoms with van der Waals surface area (Å²) in [6, 6.07) is 2.05. The quantitative estimate of drug-likeness (QED) is 0.781. The first-order valence-electron chi connectivity index (χ1n) is 7.77. The number of hydrogen-bond acceptors (Lipinski definition) is 4. The number of fused-ring (bicyclic) bond motifs is 1. The molecule has 0 radical (unpaired) electrons. The summed E-state index contributed by atoms with van der Waals surface area (Å²) in [5.41, 5.74) is 3.52. The predicted molar refractivity (Wildman–Crippen MR) is 85.0 cm³/mol. The molecule has 3 aromatic heterocycles. The Morgan fingerprint density at radius 2 is 2.09 bits per heavy atom. The third-order valence-electron chi connectivity index (χ3n) is 4.50. The molecule has 0 unspecified atom stereocenters. The minimum absolute atomic E-state index is 0.0173. The fourth-order valence-electron chi connectivity index (χ4n) is 3.28. The number of aryl methyl sites for hydroxylation is 1. The number of nitrogens with one attached hydrogen (secondary N) is 1. The van der Waals surface area contributed by atoms with E-state index in [1.807, 2.05) is 24.2 Å². The Bertz CT molecular complexity index is 843. The smallest absolute Gasteiger partial charge is 0.274 e. The van der Waals surface area contributed by atoms with Gasteiger partial charge in [0, 0.05) is 32.5 Å². The van der Waals surface area contributed by atoms with E-state index in [-0.39, 0.29) is 5.91 Å². The van der Waals surface area contributed by atoms with Crippen LogP contribution in [0.2, 0.25) is 0 Å². The monoisotopic (exact) mass is 310 g/mol. The number of pyridine rings is 1. The molecule has 1 aliphatic rings. The van der Waals surface area contributed by atoms with Crippen molar-refractivity contribution in [1.82, 2.24) is 29.4 Å². The lowest BCUT2D eigenvalue weighted by Gasteiger charge is -2.31. The summed E-state index contributed by atoms with van der Waals surface area (Å²) in [7, 11) is 1.87. The molecule has 118 valence electrons. The number of nitrogens with zero attached hydrogens (tertiary/aromatic N) is 5. The van der Waals surface area contributed by atoms with Crippen molar-refractivity contribution < 1.29 is 4.79 Å². The number of hydrogen-bond donors (Lipinski definition) is 1. The second-order valence-corrected chi connectivity index (χ2v) is 5.99. The van der Waals surface area contributed by atoms with Crippen molar-refractivity contribution in [2.45, 2.75) is 18.8 Å². The second-order valence-electron chi connectivity index (χ2n) is 5.99. The third kappa shape index (κ3) is 2.48. The molecule has 0 spiro atoms. The summed E-state index contributed by atoms with van der Waals surface area (Å²) in [5, 5.41) is 0. The van der Waals surface area contributed by atoms with Crippen LogP contribution in [-0.2, 0) is 7.05 Å². The van der Waals surface area contributed by atoms with Gasteiger partial charge in [-0.15, -0.1) is 0 Å². The lowest BCUT2D eigenvalue weighted by Crippen LogP contribution is -2.38. The van der Waals surface area contributed by atoms with E-state index < -0.39 is 0 Å². The van der Waals surface area contributed by atoms with Crippen molar-refractivity contribution in [3.63, 3.8) is 0 Å². The minimum Gasteiger partial charge on any atom is -0.340 e. The van der Waals surface area contributed by atoms with Crippen LogP contribution in [0.15, 0.2) is 31.1 Å². The summed E-state index contributed by atoms with van der Waals surface area (Å²) in [5.74, 6) is 0.431. The first-order chi connectivity index (χ1) is 11.2. The maximum Gasteiger partial charge on any atom is 0.274 e. The zero-order valence-corrected chi connectivity index (χ0v) is 12.9. The van der Waals surface area contributed by atoms with Crippen molar-refractivity contribution in [2.24, 2.45) is 7.05 Å². The Labute approximate surface area is 133 Å². The Morgan fingerprint density at radius 1 is 1.26 bits per heavy atom. The summed E-state index contributed by atoms with van der Waals surface area (Å²) >= 11 is 0.